The summed E-state index contributed by atoms with van der Waals surface area (Å²) in [7, 11) is 0. The molecule has 2 aromatic rings. The van der Waals surface area contributed by atoms with Crippen LogP contribution in [0, 0.1) is 12.7 Å². The first-order valence-electron chi connectivity index (χ1n) is 9.79. The van der Waals surface area contributed by atoms with Crippen LogP contribution in [0.15, 0.2) is 48.5 Å². The predicted octanol–water partition coefficient (Wildman–Crippen LogP) is 2.84. The number of rotatable bonds is 7. The molecule has 1 saturated heterocycles. The molecular weight excluding hydrogens is 357 g/mol. The maximum absolute atomic E-state index is 13.1. The van der Waals surface area contributed by atoms with E-state index in [2.05, 4.69) is 15.1 Å². The Balaban J connectivity index is 1.36. The summed E-state index contributed by atoms with van der Waals surface area (Å²) in [5.41, 5.74) is 2.18. The third kappa shape index (κ3) is 6.23. The fourth-order valence-electron chi connectivity index (χ4n) is 3.36. The van der Waals surface area contributed by atoms with Crippen molar-refractivity contribution < 1.29 is 13.9 Å². The molecule has 1 heterocycles. The van der Waals surface area contributed by atoms with Crippen LogP contribution in [0.1, 0.15) is 12.0 Å². The highest BCUT2D eigenvalue weighted by Gasteiger charge is 2.17. The predicted molar refractivity (Wildman–Crippen MR) is 109 cm³/mol. The monoisotopic (exact) mass is 385 g/mol. The zero-order chi connectivity index (χ0) is 19.8. The molecule has 1 fully saturated rings. The first kappa shape index (κ1) is 20.1. The minimum atomic E-state index is -0.219. The smallest absolute Gasteiger partial charge is 0.234 e. The molecule has 5 nitrogen and oxygen atoms in total. The number of ether oxygens (including phenoxy) is 1. The van der Waals surface area contributed by atoms with E-state index in [-0.39, 0.29) is 11.7 Å². The van der Waals surface area contributed by atoms with Crippen molar-refractivity contribution in [3.8, 4) is 5.75 Å². The van der Waals surface area contributed by atoms with Gasteiger partial charge >= 0.3 is 0 Å². The van der Waals surface area contributed by atoms with Crippen LogP contribution in [0.3, 0.4) is 0 Å². The number of nitrogens with one attached hydrogen (secondary N) is 1. The van der Waals surface area contributed by atoms with Gasteiger partial charge in [0.05, 0.1) is 13.1 Å². The van der Waals surface area contributed by atoms with E-state index in [1.54, 1.807) is 0 Å². The van der Waals surface area contributed by atoms with Gasteiger partial charge in [0, 0.05) is 31.9 Å². The number of hydrogen-bond acceptors (Lipinski definition) is 4. The Bertz CT molecular complexity index is 767. The number of nitrogens with zero attached hydrogens (tertiary/aromatic N) is 2. The number of amides is 1. The molecule has 6 heteroatoms. The number of carbonyl (C=O) groups is 1. The van der Waals surface area contributed by atoms with Crippen LogP contribution in [0.25, 0.3) is 0 Å². The third-order valence-electron chi connectivity index (χ3n) is 4.83. The number of halogens is 1. The van der Waals surface area contributed by atoms with Gasteiger partial charge in [-0.2, -0.15) is 0 Å². The van der Waals surface area contributed by atoms with Gasteiger partial charge in [-0.25, -0.2) is 4.39 Å². The van der Waals surface area contributed by atoms with Gasteiger partial charge in [0.15, 0.2) is 0 Å². The summed E-state index contributed by atoms with van der Waals surface area (Å²) in [6.45, 7) is 6.78. The van der Waals surface area contributed by atoms with Gasteiger partial charge in [-0.3, -0.25) is 9.69 Å². The van der Waals surface area contributed by atoms with Crippen molar-refractivity contribution in [1.29, 1.82) is 0 Å². The van der Waals surface area contributed by atoms with Crippen LogP contribution in [0.2, 0.25) is 0 Å². The summed E-state index contributed by atoms with van der Waals surface area (Å²) in [5.74, 6) is 0.619. The Labute approximate surface area is 166 Å². The van der Waals surface area contributed by atoms with Crippen LogP contribution in [0.4, 0.5) is 10.1 Å². The van der Waals surface area contributed by atoms with Crippen molar-refractivity contribution in [1.82, 2.24) is 10.2 Å². The van der Waals surface area contributed by atoms with E-state index in [9.17, 15) is 9.18 Å². The largest absolute Gasteiger partial charge is 0.492 e. The number of carbonyl (C=O) groups excluding carboxylic acids is 1. The molecule has 1 N–H and O–H groups in total. The molecule has 0 saturated carbocycles. The number of benzene rings is 2. The maximum atomic E-state index is 13.1. The van der Waals surface area contributed by atoms with E-state index < -0.39 is 0 Å². The Morgan fingerprint density at radius 1 is 1.11 bits per heavy atom. The molecule has 150 valence electrons. The molecule has 0 spiro atoms. The zero-order valence-corrected chi connectivity index (χ0v) is 16.4. The van der Waals surface area contributed by atoms with Gasteiger partial charge in [0.1, 0.15) is 18.2 Å². The highest BCUT2D eigenvalue weighted by atomic mass is 19.1. The second kappa shape index (κ2) is 10.1. The van der Waals surface area contributed by atoms with Gasteiger partial charge in [-0.15, -0.1) is 0 Å². The number of anilines is 1. The molecule has 28 heavy (non-hydrogen) atoms. The summed E-state index contributed by atoms with van der Waals surface area (Å²) in [6.07, 6.45) is 0.973. The van der Waals surface area contributed by atoms with E-state index in [0.717, 1.165) is 49.6 Å². The van der Waals surface area contributed by atoms with Crippen molar-refractivity contribution in [3.63, 3.8) is 0 Å². The lowest BCUT2D eigenvalue weighted by Gasteiger charge is -2.23. The molecule has 1 aliphatic rings. The SMILES string of the molecule is Cc1cccc(OCCNC(=O)CN2CCCN(c3ccc(F)cc3)CC2)c1. The summed E-state index contributed by atoms with van der Waals surface area (Å²) in [4.78, 5) is 16.6. The lowest BCUT2D eigenvalue weighted by atomic mass is 10.2. The van der Waals surface area contributed by atoms with Crippen LogP contribution >= 0.6 is 0 Å². The van der Waals surface area contributed by atoms with Crippen LogP contribution in [-0.4, -0.2) is 56.7 Å². The molecular formula is C22H28FN3O2. The maximum Gasteiger partial charge on any atom is 0.234 e. The zero-order valence-electron chi connectivity index (χ0n) is 16.4. The standard InChI is InChI=1S/C22H28FN3O2/c1-18-4-2-5-21(16-18)28-15-10-24-22(27)17-25-11-3-12-26(14-13-25)20-8-6-19(23)7-9-20/h2,4-9,16H,3,10-15,17H2,1H3,(H,24,27). The van der Waals surface area contributed by atoms with Crippen molar-refractivity contribution >= 4 is 11.6 Å². The van der Waals surface area contributed by atoms with Crippen molar-refractivity contribution in [3.05, 3.63) is 59.9 Å². The minimum absolute atomic E-state index is 0.0167. The number of aryl methyl sites for hydroxylation is 1. The van der Waals surface area contributed by atoms with E-state index in [0.29, 0.717) is 19.7 Å². The molecule has 0 radical (unpaired) electrons. The summed E-state index contributed by atoms with van der Waals surface area (Å²) < 4.78 is 18.8. The summed E-state index contributed by atoms with van der Waals surface area (Å²) >= 11 is 0. The van der Waals surface area contributed by atoms with Crippen LogP contribution in [-0.2, 0) is 4.79 Å². The van der Waals surface area contributed by atoms with E-state index in [4.69, 9.17) is 4.74 Å². The van der Waals surface area contributed by atoms with Crippen molar-refractivity contribution in [2.75, 3.05) is 50.8 Å². The van der Waals surface area contributed by atoms with E-state index in [1.165, 1.54) is 12.1 Å². The van der Waals surface area contributed by atoms with Gasteiger partial charge in [0.25, 0.3) is 0 Å². The van der Waals surface area contributed by atoms with Gasteiger partial charge in [-0.1, -0.05) is 12.1 Å². The summed E-state index contributed by atoms with van der Waals surface area (Å²) in [6, 6.07) is 14.5. The first-order chi connectivity index (χ1) is 13.6. The topological polar surface area (TPSA) is 44.8 Å². The van der Waals surface area contributed by atoms with Gasteiger partial charge in [0.2, 0.25) is 5.91 Å². The highest BCUT2D eigenvalue weighted by molar-refractivity contribution is 5.78. The second-order valence-electron chi connectivity index (χ2n) is 7.11. The van der Waals surface area contributed by atoms with Crippen molar-refractivity contribution in [2.45, 2.75) is 13.3 Å². The molecule has 0 aliphatic carbocycles. The lowest BCUT2D eigenvalue weighted by Crippen LogP contribution is -2.40. The fourth-order valence-corrected chi connectivity index (χ4v) is 3.36. The van der Waals surface area contributed by atoms with E-state index in [1.807, 2.05) is 43.3 Å². The van der Waals surface area contributed by atoms with E-state index >= 15 is 0 Å². The van der Waals surface area contributed by atoms with Gasteiger partial charge in [-0.05, 0) is 55.3 Å². The average Bonchev–Trinajstić information content (AvgIpc) is 2.92. The Hall–Kier alpha value is -2.60. The Morgan fingerprint density at radius 3 is 2.71 bits per heavy atom. The Morgan fingerprint density at radius 2 is 1.93 bits per heavy atom. The van der Waals surface area contributed by atoms with Gasteiger partial charge < -0.3 is 15.0 Å². The average molecular weight is 385 g/mol. The molecule has 0 atom stereocenters. The molecule has 3 rings (SSSR count). The first-order valence-corrected chi connectivity index (χ1v) is 9.79. The summed E-state index contributed by atoms with van der Waals surface area (Å²) in [5, 5.41) is 2.92. The molecule has 1 amide bonds. The number of hydrogen-bond donors (Lipinski definition) is 1. The van der Waals surface area contributed by atoms with Crippen LogP contribution in [0.5, 0.6) is 5.75 Å². The minimum Gasteiger partial charge on any atom is -0.492 e. The lowest BCUT2D eigenvalue weighted by molar-refractivity contribution is -0.122. The highest BCUT2D eigenvalue weighted by Crippen LogP contribution is 2.17. The fraction of sp³-hybridized carbons (Fsp3) is 0.409. The molecule has 2 aromatic carbocycles. The molecule has 0 bridgehead atoms. The quantitative estimate of drug-likeness (QED) is 0.745. The second-order valence-corrected chi connectivity index (χ2v) is 7.11. The molecule has 0 aromatic heterocycles. The van der Waals surface area contributed by atoms with Crippen molar-refractivity contribution in [2.24, 2.45) is 0 Å². The molecule has 1 aliphatic heterocycles. The third-order valence-corrected chi connectivity index (χ3v) is 4.83. The molecule has 0 unspecified atom stereocenters. The Kier molecular flexibility index (Phi) is 7.25. The normalized spacial score (nSPS) is 15.1. The van der Waals surface area contributed by atoms with Crippen LogP contribution < -0.4 is 15.0 Å².